The molecule has 0 radical (unpaired) electrons. The van der Waals surface area contributed by atoms with E-state index in [1.54, 1.807) is 18.2 Å². The van der Waals surface area contributed by atoms with E-state index in [9.17, 15) is 13.0 Å². The first-order chi connectivity index (χ1) is 13.6. The van der Waals surface area contributed by atoms with Crippen molar-refractivity contribution >= 4 is 15.4 Å². The number of fused-ring (bicyclic) bond motifs is 1. The van der Waals surface area contributed by atoms with Gasteiger partial charge >= 0.3 is 0 Å². The Labute approximate surface area is 171 Å². The summed E-state index contributed by atoms with van der Waals surface area (Å²) in [4.78, 5) is 0.482. The highest BCUT2D eigenvalue weighted by Crippen LogP contribution is 2.39. The molecule has 1 aliphatic carbocycles. The Bertz CT molecular complexity index is 1120. The van der Waals surface area contributed by atoms with Crippen molar-refractivity contribution in [3.05, 3.63) is 64.0 Å². The maximum absolute atomic E-state index is 14.2. The van der Waals surface area contributed by atoms with Gasteiger partial charge in [-0.3, -0.25) is 4.21 Å². The fourth-order valence-electron chi connectivity index (χ4n) is 3.38. The fourth-order valence-corrected chi connectivity index (χ4v) is 4.46. The predicted molar refractivity (Wildman–Crippen MR) is 114 cm³/mol. The lowest BCUT2D eigenvalue weighted by Crippen LogP contribution is -2.19. The van der Waals surface area contributed by atoms with Crippen molar-refractivity contribution < 1.29 is 13.0 Å². The van der Waals surface area contributed by atoms with Gasteiger partial charge in [0.25, 0.3) is 0 Å². The number of benzene rings is 2. The first-order valence-electron chi connectivity index (χ1n) is 9.02. The van der Waals surface area contributed by atoms with E-state index >= 15 is 0 Å². The quantitative estimate of drug-likeness (QED) is 0.612. The molecule has 0 amide bonds. The zero-order chi connectivity index (χ0) is 21.8. The Kier molecular flexibility index (Phi) is 7.19. The Morgan fingerprint density at radius 2 is 1.93 bits per heavy atom. The summed E-state index contributed by atoms with van der Waals surface area (Å²) in [5.74, 6) is 8.56. The summed E-state index contributed by atoms with van der Waals surface area (Å²) < 4.78 is 40.3. The van der Waals surface area contributed by atoms with Crippen LogP contribution in [-0.2, 0) is 22.4 Å². The van der Waals surface area contributed by atoms with Crippen LogP contribution < -0.4 is 5.73 Å². The molecular formula is C23H24F2N2OS. The van der Waals surface area contributed by atoms with Gasteiger partial charge in [0.15, 0.2) is 0 Å². The molecular weight excluding hydrogens is 390 g/mol. The van der Waals surface area contributed by atoms with Gasteiger partial charge in [-0.25, -0.2) is 8.78 Å². The maximum atomic E-state index is 14.2. The Hall–Kier alpha value is -2.67. The van der Waals surface area contributed by atoms with Crippen molar-refractivity contribution in [2.45, 2.75) is 43.8 Å². The van der Waals surface area contributed by atoms with E-state index in [0.717, 1.165) is 11.1 Å². The number of nitrogens with zero attached hydrogens (tertiary/aromatic N) is 1. The molecule has 3 rings (SSSR count). The van der Waals surface area contributed by atoms with Crippen LogP contribution in [0.2, 0.25) is 0 Å². The Morgan fingerprint density at radius 1 is 1.28 bits per heavy atom. The Balaban J connectivity index is 0.000000687. The smallest absolute Gasteiger partial charge is 0.124 e. The van der Waals surface area contributed by atoms with Gasteiger partial charge in [0.1, 0.15) is 12.0 Å². The van der Waals surface area contributed by atoms with Gasteiger partial charge in [-0.05, 0) is 82.2 Å². The third-order valence-corrected chi connectivity index (χ3v) is 6.02. The second kappa shape index (κ2) is 9.22. The lowest BCUT2D eigenvalue weighted by Gasteiger charge is -2.16. The van der Waals surface area contributed by atoms with Crippen molar-refractivity contribution in [1.29, 1.82) is 5.26 Å². The molecule has 29 heavy (non-hydrogen) atoms. The number of hydrogen-bond donors (Lipinski definition) is 1. The Morgan fingerprint density at radius 3 is 2.48 bits per heavy atom. The molecule has 0 fully saturated rings. The highest BCUT2D eigenvalue weighted by Gasteiger charge is 2.34. The third kappa shape index (κ3) is 5.23. The van der Waals surface area contributed by atoms with Gasteiger partial charge in [0.05, 0.1) is 17.7 Å². The van der Waals surface area contributed by atoms with E-state index < -0.39 is 27.6 Å². The maximum Gasteiger partial charge on any atom is 0.124 e. The molecule has 2 N–H and O–H groups in total. The highest BCUT2D eigenvalue weighted by molar-refractivity contribution is 7.99. The molecule has 3 unspecified atom stereocenters. The summed E-state index contributed by atoms with van der Waals surface area (Å²) in [6, 6.07) is 8.65. The topological polar surface area (TPSA) is 66.9 Å². The summed E-state index contributed by atoms with van der Waals surface area (Å²) in [5, 5.41) is 8.98. The minimum atomic E-state index is -2.54. The summed E-state index contributed by atoms with van der Waals surface area (Å²) in [6.07, 6.45) is 0.734. The summed E-state index contributed by atoms with van der Waals surface area (Å²) in [6.45, 7) is 3.64. The minimum absolute atomic E-state index is 0.135. The fraction of sp³-hybridized carbons (Fsp3) is 0.304. The van der Waals surface area contributed by atoms with Crippen molar-refractivity contribution in [3.8, 4) is 17.9 Å². The van der Waals surface area contributed by atoms with Gasteiger partial charge in [-0.2, -0.15) is 5.26 Å². The number of nitrogens with two attached hydrogens (primary N) is 1. The molecule has 2 aromatic rings. The van der Waals surface area contributed by atoms with Crippen molar-refractivity contribution in [2.75, 3.05) is 6.26 Å². The van der Waals surface area contributed by atoms with Crippen molar-refractivity contribution in [3.63, 3.8) is 0 Å². The molecule has 152 valence electrons. The monoisotopic (exact) mass is 414 g/mol. The van der Waals surface area contributed by atoms with E-state index in [4.69, 9.17) is 11.0 Å². The van der Waals surface area contributed by atoms with Crippen LogP contribution in [0.1, 0.15) is 47.7 Å². The number of nitriles is 1. The van der Waals surface area contributed by atoms with E-state index in [1.807, 2.05) is 19.9 Å². The van der Waals surface area contributed by atoms with Crippen LogP contribution >= 0.6 is 0 Å². The number of halogens is 2. The van der Waals surface area contributed by atoms with Gasteiger partial charge in [0, 0.05) is 17.6 Å². The predicted octanol–water partition coefficient (Wildman–Crippen LogP) is 3.92. The zero-order valence-electron chi connectivity index (χ0n) is 16.8. The molecule has 0 aliphatic heterocycles. The molecule has 3 nitrogen and oxygen atoms in total. The largest absolute Gasteiger partial charge is 0.322 e. The standard InChI is InChI=1S/C19H18F2N2OS.C4H6/c1-25(2,24)17-4-3-13(15-9-16(21)19(23)18(15)17)6-11-5-12(10-22)8-14(20)7-11;1-3-4-2/h3-5,7-8,16,19H,1,6,9,23H2,2H3;1-2H3. The van der Waals surface area contributed by atoms with Gasteiger partial charge < -0.3 is 5.73 Å². The van der Waals surface area contributed by atoms with E-state index in [1.165, 1.54) is 18.4 Å². The van der Waals surface area contributed by atoms with Gasteiger partial charge in [0.2, 0.25) is 0 Å². The molecule has 1 aliphatic rings. The van der Waals surface area contributed by atoms with Gasteiger partial charge in [-0.15, -0.1) is 11.8 Å². The average molecular weight is 415 g/mol. The first kappa shape index (κ1) is 22.6. The van der Waals surface area contributed by atoms with E-state index in [0.29, 0.717) is 22.4 Å². The van der Waals surface area contributed by atoms with Crippen LogP contribution in [0.5, 0.6) is 0 Å². The van der Waals surface area contributed by atoms with Crippen LogP contribution in [0, 0.1) is 29.0 Å². The van der Waals surface area contributed by atoms with E-state index in [2.05, 4.69) is 17.7 Å². The van der Waals surface area contributed by atoms with Crippen molar-refractivity contribution in [2.24, 2.45) is 5.73 Å². The molecule has 0 saturated carbocycles. The number of hydrogen-bond acceptors (Lipinski definition) is 3. The van der Waals surface area contributed by atoms with Crippen molar-refractivity contribution in [1.82, 2.24) is 0 Å². The normalized spacial score (nSPS) is 18.9. The summed E-state index contributed by atoms with van der Waals surface area (Å²) in [5.41, 5.74) is 8.92. The van der Waals surface area contributed by atoms with Crippen LogP contribution in [0.25, 0.3) is 0 Å². The molecule has 0 heterocycles. The second-order valence-corrected chi connectivity index (χ2v) is 9.45. The highest BCUT2D eigenvalue weighted by atomic mass is 32.2. The second-order valence-electron chi connectivity index (χ2n) is 7.00. The minimum Gasteiger partial charge on any atom is -0.322 e. The lowest BCUT2D eigenvalue weighted by atomic mass is 9.96. The van der Waals surface area contributed by atoms with Gasteiger partial charge in [-0.1, -0.05) is 6.07 Å². The molecule has 0 spiro atoms. The SMILES string of the molecule is C=S(C)(=O)c1ccc(Cc2cc(F)cc(C#N)c2)c2c1C(N)C(F)C2.CC#CC. The zero-order valence-corrected chi connectivity index (χ0v) is 17.6. The van der Waals surface area contributed by atoms with E-state index in [-0.39, 0.29) is 12.0 Å². The molecule has 0 aromatic heterocycles. The molecule has 0 bridgehead atoms. The average Bonchev–Trinajstić information content (AvgIpc) is 2.96. The molecule has 6 heteroatoms. The molecule has 2 aromatic carbocycles. The van der Waals surface area contributed by atoms with Crippen LogP contribution in [0.15, 0.2) is 35.2 Å². The molecule has 0 saturated heterocycles. The number of rotatable bonds is 3. The lowest BCUT2D eigenvalue weighted by molar-refractivity contribution is 0.302. The molecule has 3 atom stereocenters. The number of alkyl halides is 1. The first-order valence-corrected chi connectivity index (χ1v) is 11.2. The van der Waals surface area contributed by atoms with Crippen LogP contribution in [-0.4, -0.2) is 22.5 Å². The third-order valence-electron chi connectivity index (χ3n) is 4.73. The van der Waals surface area contributed by atoms with Crippen LogP contribution in [0.3, 0.4) is 0 Å². The van der Waals surface area contributed by atoms with Crippen LogP contribution in [0.4, 0.5) is 8.78 Å². The summed E-state index contributed by atoms with van der Waals surface area (Å²) in [7, 11) is -2.54. The summed E-state index contributed by atoms with van der Waals surface area (Å²) >= 11 is 0.